The van der Waals surface area contributed by atoms with E-state index in [1.54, 1.807) is 0 Å². The molecule has 0 bridgehead atoms. The van der Waals surface area contributed by atoms with Crippen molar-refractivity contribution < 1.29 is 0 Å². The van der Waals surface area contributed by atoms with Crippen LogP contribution in [0.2, 0.25) is 5.02 Å². The van der Waals surface area contributed by atoms with Crippen LogP contribution in [0.15, 0.2) is 48.5 Å². The van der Waals surface area contributed by atoms with Crippen LogP contribution in [-0.2, 0) is 0 Å². The molecule has 0 amide bonds. The highest BCUT2D eigenvalue weighted by molar-refractivity contribution is 6.31. The molecule has 0 radical (unpaired) electrons. The van der Waals surface area contributed by atoms with Crippen molar-refractivity contribution in [3.05, 3.63) is 53.6 Å². The number of aromatic nitrogens is 2. The molecule has 0 N–H and O–H groups in total. The molecule has 1 aromatic heterocycles. The molecule has 4 rings (SSSR count). The van der Waals surface area contributed by atoms with Crippen LogP contribution in [0.5, 0.6) is 0 Å². The first-order valence-corrected chi connectivity index (χ1v) is 8.86. The van der Waals surface area contributed by atoms with Gasteiger partial charge in [0, 0.05) is 29.1 Å². The number of nitrogens with zero attached hydrogens (tertiary/aromatic N) is 3. The van der Waals surface area contributed by atoms with Crippen LogP contribution in [0.4, 0.5) is 5.95 Å². The van der Waals surface area contributed by atoms with E-state index in [9.17, 15) is 0 Å². The molecule has 1 saturated heterocycles. The number of piperidine rings is 1. The summed E-state index contributed by atoms with van der Waals surface area (Å²) in [7, 11) is 0. The van der Waals surface area contributed by atoms with Crippen LogP contribution in [0.25, 0.3) is 22.2 Å². The second-order valence-electron chi connectivity index (χ2n) is 6.59. The van der Waals surface area contributed by atoms with Gasteiger partial charge in [0.15, 0.2) is 0 Å². The Morgan fingerprint density at radius 3 is 2.71 bits per heavy atom. The van der Waals surface area contributed by atoms with E-state index in [1.807, 2.05) is 36.4 Å². The van der Waals surface area contributed by atoms with E-state index >= 15 is 0 Å². The summed E-state index contributed by atoms with van der Waals surface area (Å²) in [4.78, 5) is 12.1. The minimum Gasteiger partial charge on any atom is -0.341 e. The van der Waals surface area contributed by atoms with E-state index in [0.29, 0.717) is 10.9 Å². The number of anilines is 1. The predicted octanol–water partition coefficient (Wildman–Crippen LogP) is 5.19. The first kappa shape index (κ1) is 15.4. The molecule has 3 nitrogen and oxygen atoms in total. The zero-order chi connectivity index (χ0) is 16.5. The van der Waals surface area contributed by atoms with E-state index in [0.717, 1.165) is 41.2 Å². The maximum Gasteiger partial charge on any atom is 0.226 e. The maximum atomic E-state index is 6.22. The normalized spacial score (nSPS) is 18.1. The molecule has 24 heavy (non-hydrogen) atoms. The third kappa shape index (κ3) is 2.96. The first-order chi connectivity index (χ1) is 11.7. The lowest BCUT2D eigenvalue weighted by atomic mass is 10.0. The minimum absolute atomic E-state index is 0.684. The summed E-state index contributed by atoms with van der Waals surface area (Å²) in [6.07, 6.45) is 2.48. The van der Waals surface area contributed by atoms with E-state index in [1.165, 1.54) is 12.8 Å². The molecule has 3 aromatic rings. The molecule has 2 aromatic carbocycles. The van der Waals surface area contributed by atoms with Crippen molar-refractivity contribution in [1.82, 2.24) is 9.97 Å². The van der Waals surface area contributed by atoms with Crippen molar-refractivity contribution in [3.63, 3.8) is 0 Å². The lowest BCUT2D eigenvalue weighted by Crippen LogP contribution is -2.35. The van der Waals surface area contributed by atoms with Crippen molar-refractivity contribution in [2.24, 2.45) is 5.92 Å². The molecule has 1 aliphatic heterocycles. The van der Waals surface area contributed by atoms with Gasteiger partial charge in [-0.3, -0.25) is 0 Å². The van der Waals surface area contributed by atoms with Gasteiger partial charge in [0.05, 0.1) is 11.2 Å². The van der Waals surface area contributed by atoms with Crippen LogP contribution in [0, 0.1) is 5.92 Å². The van der Waals surface area contributed by atoms with Gasteiger partial charge < -0.3 is 4.90 Å². The summed E-state index contributed by atoms with van der Waals surface area (Å²) in [6.45, 7) is 4.34. The Hall–Kier alpha value is -2.13. The molecule has 0 aliphatic carbocycles. The smallest absolute Gasteiger partial charge is 0.226 e. The topological polar surface area (TPSA) is 29.0 Å². The Balaban J connectivity index is 1.89. The van der Waals surface area contributed by atoms with Crippen LogP contribution in [-0.4, -0.2) is 23.1 Å². The fraction of sp³-hybridized carbons (Fsp3) is 0.300. The molecule has 0 unspecified atom stereocenters. The average molecular weight is 338 g/mol. The van der Waals surface area contributed by atoms with Crippen LogP contribution >= 0.6 is 11.6 Å². The lowest BCUT2D eigenvalue weighted by Gasteiger charge is -2.31. The Kier molecular flexibility index (Phi) is 4.11. The average Bonchev–Trinajstić information content (AvgIpc) is 2.61. The standard InChI is InChI=1S/C20H20ClN3/c1-14-6-5-11-24(13-14)20-22-18-10-9-16(21)12-17(18)19(23-20)15-7-3-2-4-8-15/h2-4,7-10,12,14H,5-6,11,13H2,1H3/t14-/m0/s1. The van der Waals surface area contributed by atoms with Crippen LogP contribution in [0.1, 0.15) is 19.8 Å². The number of fused-ring (bicyclic) bond motifs is 1. The Bertz CT molecular complexity index is 863. The quantitative estimate of drug-likeness (QED) is 0.644. The number of hydrogen-bond acceptors (Lipinski definition) is 3. The second kappa shape index (κ2) is 6.40. The van der Waals surface area contributed by atoms with E-state index in [-0.39, 0.29) is 0 Å². The highest BCUT2D eigenvalue weighted by Crippen LogP contribution is 2.31. The van der Waals surface area contributed by atoms with Gasteiger partial charge in [-0.25, -0.2) is 9.97 Å². The van der Waals surface area contributed by atoms with E-state index in [2.05, 4.69) is 24.0 Å². The largest absolute Gasteiger partial charge is 0.341 e. The molecular weight excluding hydrogens is 318 g/mol. The van der Waals surface area contributed by atoms with Crippen LogP contribution in [0.3, 0.4) is 0 Å². The number of rotatable bonds is 2. The summed E-state index contributed by atoms with van der Waals surface area (Å²) in [5.41, 5.74) is 3.00. The highest BCUT2D eigenvalue weighted by atomic mass is 35.5. The molecule has 0 spiro atoms. The van der Waals surface area contributed by atoms with Crippen molar-refractivity contribution in [2.45, 2.75) is 19.8 Å². The minimum atomic E-state index is 0.684. The molecule has 2 heterocycles. The zero-order valence-corrected chi connectivity index (χ0v) is 14.5. The van der Waals surface area contributed by atoms with Gasteiger partial charge in [0.2, 0.25) is 5.95 Å². The summed E-state index contributed by atoms with van der Waals surface area (Å²) < 4.78 is 0. The molecule has 1 aliphatic rings. The molecule has 122 valence electrons. The van der Waals surface area contributed by atoms with Gasteiger partial charge in [0.1, 0.15) is 0 Å². The monoisotopic (exact) mass is 337 g/mol. The van der Waals surface area contributed by atoms with E-state index < -0.39 is 0 Å². The molecule has 1 atom stereocenters. The van der Waals surface area contributed by atoms with Gasteiger partial charge >= 0.3 is 0 Å². The summed E-state index contributed by atoms with van der Waals surface area (Å²) >= 11 is 6.22. The van der Waals surface area contributed by atoms with Gasteiger partial charge in [-0.15, -0.1) is 0 Å². The Morgan fingerprint density at radius 2 is 1.92 bits per heavy atom. The third-order valence-electron chi connectivity index (χ3n) is 4.63. The van der Waals surface area contributed by atoms with Gasteiger partial charge in [-0.05, 0) is 37.0 Å². The van der Waals surface area contributed by atoms with Gasteiger partial charge in [-0.1, -0.05) is 48.9 Å². The molecular formula is C20H20ClN3. The lowest BCUT2D eigenvalue weighted by molar-refractivity contribution is 0.442. The number of benzene rings is 2. The first-order valence-electron chi connectivity index (χ1n) is 8.48. The van der Waals surface area contributed by atoms with Crippen molar-refractivity contribution >= 4 is 28.5 Å². The van der Waals surface area contributed by atoms with Gasteiger partial charge in [-0.2, -0.15) is 0 Å². The van der Waals surface area contributed by atoms with Crippen molar-refractivity contribution in [1.29, 1.82) is 0 Å². The second-order valence-corrected chi connectivity index (χ2v) is 7.03. The SMILES string of the molecule is C[C@H]1CCCN(c2nc(-c3ccccc3)c3cc(Cl)ccc3n2)C1. The Morgan fingerprint density at radius 1 is 1.08 bits per heavy atom. The number of hydrogen-bond donors (Lipinski definition) is 0. The fourth-order valence-electron chi connectivity index (χ4n) is 3.42. The summed E-state index contributed by atoms with van der Waals surface area (Å²) in [6, 6.07) is 16.1. The van der Waals surface area contributed by atoms with Gasteiger partial charge in [0.25, 0.3) is 0 Å². The van der Waals surface area contributed by atoms with Crippen LogP contribution < -0.4 is 4.90 Å². The van der Waals surface area contributed by atoms with Crippen molar-refractivity contribution in [2.75, 3.05) is 18.0 Å². The third-order valence-corrected chi connectivity index (χ3v) is 4.87. The molecule has 0 saturated carbocycles. The van der Waals surface area contributed by atoms with Crippen molar-refractivity contribution in [3.8, 4) is 11.3 Å². The summed E-state index contributed by atoms with van der Waals surface area (Å²) in [5, 5.41) is 1.71. The van der Waals surface area contributed by atoms with E-state index in [4.69, 9.17) is 21.6 Å². The zero-order valence-electron chi connectivity index (χ0n) is 13.7. The Labute approximate surface area is 147 Å². The number of halogens is 1. The molecule has 1 fully saturated rings. The maximum absolute atomic E-state index is 6.22. The predicted molar refractivity (Wildman–Crippen MR) is 101 cm³/mol. The molecule has 4 heteroatoms. The highest BCUT2D eigenvalue weighted by Gasteiger charge is 2.20. The fourth-order valence-corrected chi connectivity index (χ4v) is 3.59. The summed E-state index contributed by atoms with van der Waals surface area (Å²) in [5.74, 6) is 1.51.